The fraction of sp³-hybridized carbons (Fsp3) is 0.267. The molecule has 2 rings (SSSR count). The maximum Gasteiger partial charge on any atom is 0.241 e. The standard InChI is InChI=1S/C15H16Cl2N2O2/c1-15(2,3)21-14-11(18)6-7-13(19-14)20-12-8-9(16)4-5-10(12)17/h4-8H,18H2,1-3H3. The largest absolute Gasteiger partial charge is 0.470 e. The van der Waals surface area contributed by atoms with Gasteiger partial charge in [0.1, 0.15) is 11.4 Å². The molecule has 2 N–H and O–H groups in total. The van der Waals surface area contributed by atoms with Crippen LogP contribution in [-0.2, 0) is 0 Å². The average molecular weight is 327 g/mol. The number of hydrogen-bond donors (Lipinski definition) is 1. The van der Waals surface area contributed by atoms with E-state index >= 15 is 0 Å². The number of anilines is 1. The van der Waals surface area contributed by atoms with E-state index in [9.17, 15) is 0 Å². The van der Waals surface area contributed by atoms with Crippen LogP contribution >= 0.6 is 23.2 Å². The maximum absolute atomic E-state index is 6.06. The molecule has 0 aliphatic carbocycles. The molecule has 0 fully saturated rings. The molecule has 4 nitrogen and oxygen atoms in total. The maximum atomic E-state index is 6.06. The van der Waals surface area contributed by atoms with Crippen molar-refractivity contribution in [2.24, 2.45) is 0 Å². The van der Waals surface area contributed by atoms with Crippen molar-refractivity contribution in [3.8, 4) is 17.5 Å². The summed E-state index contributed by atoms with van der Waals surface area (Å²) in [6.07, 6.45) is 0. The summed E-state index contributed by atoms with van der Waals surface area (Å²) >= 11 is 12.0. The van der Waals surface area contributed by atoms with Gasteiger partial charge in [0.05, 0.1) is 10.7 Å². The lowest BCUT2D eigenvalue weighted by atomic mass is 10.2. The van der Waals surface area contributed by atoms with E-state index in [4.69, 9.17) is 38.4 Å². The number of rotatable bonds is 3. The Morgan fingerprint density at radius 1 is 1.10 bits per heavy atom. The molecule has 1 heterocycles. The van der Waals surface area contributed by atoms with Crippen molar-refractivity contribution in [2.75, 3.05) is 5.73 Å². The summed E-state index contributed by atoms with van der Waals surface area (Å²) in [4.78, 5) is 4.25. The molecule has 0 unspecified atom stereocenters. The number of pyridine rings is 1. The van der Waals surface area contributed by atoms with Crippen LogP contribution in [0.4, 0.5) is 5.69 Å². The Morgan fingerprint density at radius 2 is 1.81 bits per heavy atom. The smallest absolute Gasteiger partial charge is 0.241 e. The van der Waals surface area contributed by atoms with E-state index in [0.717, 1.165) is 0 Å². The van der Waals surface area contributed by atoms with E-state index in [1.54, 1.807) is 30.3 Å². The molecular formula is C15H16Cl2N2O2. The summed E-state index contributed by atoms with van der Waals surface area (Å²) in [7, 11) is 0. The number of hydrogen-bond acceptors (Lipinski definition) is 4. The van der Waals surface area contributed by atoms with E-state index in [-0.39, 0.29) is 0 Å². The zero-order valence-corrected chi connectivity index (χ0v) is 13.5. The lowest BCUT2D eigenvalue weighted by Crippen LogP contribution is -2.24. The van der Waals surface area contributed by atoms with Crippen LogP contribution in [0.3, 0.4) is 0 Å². The minimum absolute atomic E-state index is 0.318. The molecule has 1 aromatic heterocycles. The third-order valence-electron chi connectivity index (χ3n) is 2.37. The van der Waals surface area contributed by atoms with E-state index in [1.807, 2.05) is 20.8 Å². The SMILES string of the molecule is CC(C)(C)Oc1nc(Oc2cc(Cl)ccc2Cl)ccc1N. The van der Waals surface area contributed by atoms with Gasteiger partial charge in [0, 0.05) is 17.2 Å². The second-order valence-electron chi connectivity index (χ2n) is 5.44. The summed E-state index contributed by atoms with van der Waals surface area (Å²) in [5.74, 6) is 1.06. The van der Waals surface area contributed by atoms with Crippen molar-refractivity contribution in [2.45, 2.75) is 26.4 Å². The Hall–Kier alpha value is -1.65. The quantitative estimate of drug-likeness (QED) is 0.867. The molecule has 0 atom stereocenters. The van der Waals surface area contributed by atoms with Crippen molar-refractivity contribution < 1.29 is 9.47 Å². The number of nitrogen functional groups attached to an aromatic ring is 1. The Bertz CT molecular complexity index is 655. The van der Waals surface area contributed by atoms with Gasteiger partial charge in [0.15, 0.2) is 0 Å². The van der Waals surface area contributed by atoms with Crippen LogP contribution in [0.1, 0.15) is 20.8 Å². The zero-order chi connectivity index (χ0) is 15.6. The third-order valence-corrected chi connectivity index (χ3v) is 2.92. The molecule has 0 spiro atoms. The highest BCUT2D eigenvalue weighted by Crippen LogP contribution is 2.33. The van der Waals surface area contributed by atoms with E-state index in [1.165, 1.54) is 0 Å². The fourth-order valence-corrected chi connectivity index (χ4v) is 1.85. The van der Waals surface area contributed by atoms with Crippen LogP contribution in [0.2, 0.25) is 10.0 Å². The van der Waals surface area contributed by atoms with Crippen LogP contribution < -0.4 is 15.2 Å². The second kappa shape index (κ2) is 6.00. The van der Waals surface area contributed by atoms with Gasteiger partial charge in [-0.05, 0) is 39.0 Å². The number of nitrogens with zero attached hydrogens (tertiary/aromatic N) is 1. The Morgan fingerprint density at radius 3 is 2.48 bits per heavy atom. The van der Waals surface area contributed by atoms with Crippen LogP contribution in [0.15, 0.2) is 30.3 Å². The highest BCUT2D eigenvalue weighted by atomic mass is 35.5. The average Bonchev–Trinajstić information content (AvgIpc) is 2.36. The third kappa shape index (κ3) is 4.41. The summed E-state index contributed by atoms with van der Waals surface area (Å²) < 4.78 is 11.3. The first-order chi connectivity index (χ1) is 9.74. The van der Waals surface area contributed by atoms with Gasteiger partial charge in [-0.15, -0.1) is 0 Å². The topological polar surface area (TPSA) is 57.4 Å². The first-order valence-electron chi connectivity index (χ1n) is 6.33. The van der Waals surface area contributed by atoms with Gasteiger partial charge in [-0.25, -0.2) is 0 Å². The van der Waals surface area contributed by atoms with E-state index < -0.39 is 5.60 Å². The van der Waals surface area contributed by atoms with Gasteiger partial charge in [0.2, 0.25) is 11.8 Å². The van der Waals surface area contributed by atoms with Crippen molar-refractivity contribution >= 4 is 28.9 Å². The summed E-state index contributed by atoms with van der Waals surface area (Å²) in [5, 5.41) is 0.965. The predicted molar refractivity (Wildman–Crippen MR) is 85.6 cm³/mol. The minimum Gasteiger partial charge on any atom is -0.470 e. The van der Waals surface area contributed by atoms with Gasteiger partial charge in [-0.1, -0.05) is 23.2 Å². The van der Waals surface area contributed by atoms with Crippen molar-refractivity contribution in [1.29, 1.82) is 0 Å². The number of nitrogens with two attached hydrogens (primary N) is 1. The number of aromatic nitrogens is 1. The Kier molecular flexibility index (Phi) is 4.49. The lowest BCUT2D eigenvalue weighted by molar-refractivity contribution is 0.124. The van der Waals surface area contributed by atoms with Crippen molar-refractivity contribution in [1.82, 2.24) is 4.98 Å². The molecule has 1 aromatic carbocycles. The molecule has 6 heteroatoms. The summed E-state index contributed by atoms with van der Waals surface area (Å²) in [5.41, 5.74) is 5.88. The molecule has 0 bridgehead atoms. The Balaban J connectivity index is 2.29. The zero-order valence-electron chi connectivity index (χ0n) is 12.0. The van der Waals surface area contributed by atoms with Gasteiger partial charge in [-0.3, -0.25) is 0 Å². The summed E-state index contributed by atoms with van der Waals surface area (Å²) in [6.45, 7) is 5.74. The molecule has 0 aliphatic rings. The predicted octanol–water partition coefficient (Wildman–Crippen LogP) is 4.94. The molecular weight excluding hydrogens is 311 g/mol. The minimum atomic E-state index is -0.409. The van der Waals surface area contributed by atoms with E-state index in [0.29, 0.717) is 33.2 Å². The van der Waals surface area contributed by atoms with Crippen molar-refractivity contribution in [3.63, 3.8) is 0 Å². The normalized spacial score (nSPS) is 11.3. The fourth-order valence-electron chi connectivity index (χ4n) is 1.53. The highest BCUT2D eigenvalue weighted by Gasteiger charge is 2.16. The number of halogens is 2. The molecule has 0 saturated heterocycles. The van der Waals surface area contributed by atoms with Gasteiger partial charge in [0.25, 0.3) is 0 Å². The molecule has 2 aromatic rings. The van der Waals surface area contributed by atoms with Crippen molar-refractivity contribution in [3.05, 3.63) is 40.4 Å². The van der Waals surface area contributed by atoms with Crippen LogP contribution in [-0.4, -0.2) is 10.6 Å². The number of benzene rings is 1. The first-order valence-corrected chi connectivity index (χ1v) is 7.08. The monoisotopic (exact) mass is 326 g/mol. The van der Waals surface area contributed by atoms with Crippen LogP contribution in [0, 0.1) is 0 Å². The lowest BCUT2D eigenvalue weighted by Gasteiger charge is -2.21. The van der Waals surface area contributed by atoms with Crippen LogP contribution in [0.25, 0.3) is 0 Å². The summed E-state index contributed by atoms with van der Waals surface area (Å²) in [6, 6.07) is 8.26. The molecule has 112 valence electrons. The van der Waals surface area contributed by atoms with Gasteiger partial charge < -0.3 is 15.2 Å². The van der Waals surface area contributed by atoms with Gasteiger partial charge in [-0.2, -0.15) is 4.98 Å². The molecule has 21 heavy (non-hydrogen) atoms. The highest BCUT2D eigenvalue weighted by molar-refractivity contribution is 6.34. The molecule has 0 saturated carbocycles. The Labute approximate surface area is 133 Å². The van der Waals surface area contributed by atoms with Gasteiger partial charge >= 0.3 is 0 Å². The number of ether oxygens (including phenoxy) is 2. The second-order valence-corrected chi connectivity index (χ2v) is 6.28. The first kappa shape index (κ1) is 15.7. The molecule has 0 aliphatic heterocycles. The molecule has 0 radical (unpaired) electrons. The van der Waals surface area contributed by atoms with Crippen LogP contribution in [0.5, 0.6) is 17.5 Å². The molecule has 0 amide bonds. The van der Waals surface area contributed by atoms with E-state index in [2.05, 4.69) is 4.98 Å².